The predicted octanol–water partition coefficient (Wildman–Crippen LogP) is 2.83. The van der Waals surface area contributed by atoms with Gasteiger partial charge in [0.1, 0.15) is 22.5 Å². The van der Waals surface area contributed by atoms with Crippen LogP contribution in [0.1, 0.15) is 28.2 Å². The van der Waals surface area contributed by atoms with Crippen molar-refractivity contribution < 1.29 is 13.9 Å². The number of hydrogen-bond acceptors (Lipinski definition) is 7. The summed E-state index contributed by atoms with van der Waals surface area (Å²) in [5, 5.41) is 3.41. The lowest BCUT2D eigenvalue weighted by Gasteiger charge is -2.22. The standard InChI is InChI=1S/C19H18FN5O2S/c20-12-1-2-14-11(9-12)3-6-25(14)16-15-18(22-10-21-16)28-19(24-15)17(26)23-13-4-7-27-8-5-13/h1-2,9-10,13H,3-8H2,(H,23,26). The molecule has 144 valence electrons. The molecule has 0 atom stereocenters. The van der Waals surface area contributed by atoms with Gasteiger partial charge >= 0.3 is 0 Å². The zero-order valence-corrected chi connectivity index (χ0v) is 15.8. The lowest BCUT2D eigenvalue weighted by Crippen LogP contribution is -2.38. The van der Waals surface area contributed by atoms with Crippen LogP contribution in [0.4, 0.5) is 15.9 Å². The SMILES string of the molecule is O=C(NC1CCOCC1)c1nc2c(N3CCc4cc(F)ccc43)ncnc2s1. The van der Waals surface area contributed by atoms with Crippen LogP contribution >= 0.6 is 11.3 Å². The molecule has 1 fully saturated rings. The topological polar surface area (TPSA) is 80.2 Å². The Balaban J connectivity index is 1.46. The number of anilines is 2. The van der Waals surface area contributed by atoms with Crippen molar-refractivity contribution in [3.63, 3.8) is 0 Å². The van der Waals surface area contributed by atoms with E-state index in [-0.39, 0.29) is 17.8 Å². The molecule has 0 radical (unpaired) electrons. The smallest absolute Gasteiger partial charge is 0.280 e. The van der Waals surface area contributed by atoms with Gasteiger partial charge in [-0.1, -0.05) is 11.3 Å². The van der Waals surface area contributed by atoms with E-state index in [1.54, 1.807) is 12.1 Å². The maximum atomic E-state index is 13.5. The fraction of sp³-hybridized carbons (Fsp3) is 0.368. The van der Waals surface area contributed by atoms with Gasteiger partial charge in [0.25, 0.3) is 5.91 Å². The number of fused-ring (bicyclic) bond motifs is 2. The predicted molar refractivity (Wildman–Crippen MR) is 104 cm³/mol. The van der Waals surface area contributed by atoms with Crippen molar-refractivity contribution >= 4 is 39.1 Å². The number of nitrogens with zero attached hydrogens (tertiary/aromatic N) is 4. The second-order valence-corrected chi connectivity index (χ2v) is 7.88. The molecule has 0 saturated carbocycles. The second-order valence-electron chi connectivity index (χ2n) is 6.90. The highest BCUT2D eigenvalue weighted by Gasteiger charge is 2.26. The lowest BCUT2D eigenvalue weighted by molar-refractivity contribution is 0.0696. The maximum Gasteiger partial charge on any atom is 0.280 e. The van der Waals surface area contributed by atoms with Gasteiger partial charge in [-0.05, 0) is 43.0 Å². The number of halogens is 1. The van der Waals surface area contributed by atoms with E-state index in [4.69, 9.17) is 4.74 Å². The van der Waals surface area contributed by atoms with Gasteiger partial charge in [0.2, 0.25) is 0 Å². The van der Waals surface area contributed by atoms with Crippen LogP contribution in [-0.4, -0.2) is 46.7 Å². The van der Waals surface area contributed by atoms with E-state index >= 15 is 0 Å². The molecule has 0 spiro atoms. The summed E-state index contributed by atoms with van der Waals surface area (Å²) >= 11 is 1.26. The molecule has 0 aliphatic carbocycles. The van der Waals surface area contributed by atoms with E-state index in [9.17, 15) is 9.18 Å². The van der Waals surface area contributed by atoms with Crippen molar-refractivity contribution in [1.82, 2.24) is 20.3 Å². The number of rotatable bonds is 3. The Labute approximate surface area is 164 Å². The van der Waals surface area contributed by atoms with E-state index in [1.165, 1.54) is 23.7 Å². The first-order valence-electron chi connectivity index (χ1n) is 9.25. The van der Waals surface area contributed by atoms with Crippen LogP contribution in [0.3, 0.4) is 0 Å². The van der Waals surface area contributed by atoms with Crippen molar-refractivity contribution in [2.45, 2.75) is 25.3 Å². The van der Waals surface area contributed by atoms with Gasteiger partial charge in [-0.15, -0.1) is 0 Å². The second kappa shape index (κ2) is 7.06. The third-order valence-corrected chi connectivity index (χ3v) is 6.08. The molecule has 1 saturated heterocycles. The number of benzene rings is 1. The Morgan fingerprint density at radius 1 is 1.29 bits per heavy atom. The molecule has 28 heavy (non-hydrogen) atoms. The fourth-order valence-corrected chi connectivity index (χ4v) is 4.52. The Morgan fingerprint density at radius 2 is 2.14 bits per heavy atom. The molecule has 2 aliphatic rings. The molecule has 9 heteroatoms. The molecule has 1 amide bonds. The average molecular weight is 399 g/mol. The highest BCUT2D eigenvalue weighted by Crippen LogP contribution is 2.37. The molecule has 3 aromatic rings. The minimum atomic E-state index is -0.242. The van der Waals surface area contributed by atoms with Crippen LogP contribution < -0.4 is 10.2 Å². The van der Waals surface area contributed by atoms with Gasteiger partial charge in [-0.2, -0.15) is 0 Å². The molecular formula is C19H18FN5O2S. The van der Waals surface area contributed by atoms with Crippen molar-refractivity contribution in [2.75, 3.05) is 24.7 Å². The first-order valence-corrected chi connectivity index (χ1v) is 10.1. The van der Waals surface area contributed by atoms with Crippen LogP contribution in [-0.2, 0) is 11.2 Å². The Kier molecular flexibility index (Phi) is 4.40. The number of amides is 1. The summed E-state index contributed by atoms with van der Waals surface area (Å²) in [5.74, 6) is 0.218. The van der Waals surface area contributed by atoms with E-state index in [2.05, 4.69) is 20.3 Å². The van der Waals surface area contributed by atoms with Gasteiger partial charge in [0, 0.05) is 31.5 Å². The first-order chi connectivity index (χ1) is 13.7. The summed E-state index contributed by atoms with van der Waals surface area (Å²) in [6.45, 7) is 2.01. The van der Waals surface area contributed by atoms with Crippen LogP contribution in [0.5, 0.6) is 0 Å². The number of ether oxygens (including phenoxy) is 1. The Bertz CT molecular complexity index is 1050. The highest BCUT2D eigenvalue weighted by atomic mass is 32.1. The quantitative estimate of drug-likeness (QED) is 0.730. The molecular weight excluding hydrogens is 381 g/mol. The first kappa shape index (κ1) is 17.4. The third kappa shape index (κ3) is 3.10. The number of carbonyl (C=O) groups is 1. The monoisotopic (exact) mass is 399 g/mol. The van der Waals surface area contributed by atoms with Crippen LogP contribution in [0, 0.1) is 5.82 Å². The molecule has 2 aromatic heterocycles. The summed E-state index contributed by atoms with van der Waals surface area (Å²) in [7, 11) is 0. The minimum absolute atomic E-state index is 0.110. The Hall–Kier alpha value is -2.65. The summed E-state index contributed by atoms with van der Waals surface area (Å²) in [5.41, 5.74) is 2.46. The molecule has 0 unspecified atom stereocenters. The van der Waals surface area contributed by atoms with Crippen molar-refractivity contribution in [1.29, 1.82) is 0 Å². The molecule has 5 rings (SSSR count). The molecule has 7 nitrogen and oxygen atoms in total. The van der Waals surface area contributed by atoms with Gasteiger partial charge in [-0.25, -0.2) is 19.3 Å². The third-order valence-electron chi connectivity index (χ3n) is 5.12. The van der Waals surface area contributed by atoms with E-state index in [1.807, 2.05) is 4.90 Å². The zero-order valence-electron chi connectivity index (χ0n) is 15.0. The molecule has 0 bridgehead atoms. The van der Waals surface area contributed by atoms with Gasteiger partial charge < -0.3 is 15.0 Å². The largest absolute Gasteiger partial charge is 0.381 e. The van der Waals surface area contributed by atoms with Crippen molar-refractivity contribution in [3.05, 3.63) is 40.9 Å². The zero-order chi connectivity index (χ0) is 19.1. The highest BCUT2D eigenvalue weighted by molar-refractivity contribution is 7.19. The average Bonchev–Trinajstić information content (AvgIpc) is 3.32. The number of aromatic nitrogens is 3. The van der Waals surface area contributed by atoms with Gasteiger partial charge in [0.05, 0.1) is 0 Å². The summed E-state index contributed by atoms with van der Waals surface area (Å²) < 4.78 is 18.9. The van der Waals surface area contributed by atoms with Gasteiger partial charge in [0.15, 0.2) is 10.8 Å². The van der Waals surface area contributed by atoms with Crippen molar-refractivity contribution in [2.24, 2.45) is 0 Å². The number of nitrogens with one attached hydrogen (secondary N) is 1. The van der Waals surface area contributed by atoms with Crippen molar-refractivity contribution in [3.8, 4) is 0 Å². The van der Waals surface area contributed by atoms with Gasteiger partial charge in [-0.3, -0.25) is 4.79 Å². The molecule has 4 heterocycles. The summed E-state index contributed by atoms with van der Waals surface area (Å²) in [6, 6.07) is 4.88. The number of carbonyl (C=O) groups excluding carboxylic acids is 1. The van der Waals surface area contributed by atoms with Crippen LogP contribution in [0.25, 0.3) is 10.3 Å². The number of hydrogen-bond donors (Lipinski definition) is 1. The number of thiazole rings is 1. The normalized spacial score (nSPS) is 17.1. The van der Waals surface area contributed by atoms with Crippen LogP contribution in [0.2, 0.25) is 0 Å². The lowest BCUT2D eigenvalue weighted by atomic mass is 10.1. The Morgan fingerprint density at radius 3 is 3.00 bits per heavy atom. The molecule has 2 aliphatic heterocycles. The van der Waals surface area contributed by atoms with E-state index in [0.717, 1.165) is 30.5 Å². The summed E-state index contributed by atoms with van der Waals surface area (Å²) in [4.78, 5) is 28.6. The maximum absolute atomic E-state index is 13.5. The fourth-order valence-electron chi connectivity index (χ4n) is 3.72. The van der Waals surface area contributed by atoms with E-state index < -0.39 is 0 Å². The minimum Gasteiger partial charge on any atom is -0.381 e. The molecule has 1 N–H and O–H groups in total. The summed E-state index contributed by atoms with van der Waals surface area (Å²) in [6.07, 6.45) is 3.84. The molecule has 1 aromatic carbocycles. The van der Waals surface area contributed by atoms with E-state index in [0.29, 0.717) is 40.9 Å². The van der Waals surface area contributed by atoms with Crippen LogP contribution in [0.15, 0.2) is 24.5 Å².